The van der Waals surface area contributed by atoms with E-state index in [0.29, 0.717) is 12.0 Å². The Kier molecular flexibility index (Phi) is 9.99. The molecule has 0 rings (SSSR count). The van der Waals surface area contributed by atoms with Gasteiger partial charge in [-0.3, -0.25) is 0 Å². The molecular formula is C13H30N2O. The molecule has 0 aromatic heterocycles. The van der Waals surface area contributed by atoms with Gasteiger partial charge in [0.1, 0.15) is 0 Å². The van der Waals surface area contributed by atoms with E-state index in [-0.39, 0.29) is 0 Å². The van der Waals surface area contributed by atoms with Crippen LogP contribution >= 0.6 is 0 Å². The lowest BCUT2D eigenvalue weighted by molar-refractivity contribution is 0.172. The second-order valence-corrected chi connectivity index (χ2v) is 4.91. The van der Waals surface area contributed by atoms with Crippen LogP contribution in [0.2, 0.25) is 0 Å². The quantitative estimate of drug-likeness (QED) is 0.581. The summed E-state index contributed by atoms with van der Waals surface area (Å²) in [4.78, 5) is 2.40. The Bertz CT molecular complexity index is 151. The van der Waals surface area contributed by atoms with Crippen molar-refractivity contribution in [1.82, 2.24) is 10.2 Å². The number of hydrogen-bond donors (Lipinski definition) is 1. The second kappa shape index (κ2) is 10.1. The summed E-state index contributed by atoms with van der Waals surface area (Å²) in [5, 5.41) is 3.62. The minimum absolute atomic E-state index is 0.604. The Morgan fingerprint density at radius 1 is 1.31 bits per heavy atom. The van der Waals surface area contributed by atoms with E-state index in [1.165, 1.54) is 6.42 Å². The molecule has 0 aromatic rings. The van der Waals surface area contributed by atoms with Crippen LogP contribution in [0.5, 0.6) is 0 Å². The third kappa shape index (κ3) is 8.08. The molecule has 0 radical (unpaired) electrons. The fourth-order valence-electron chi connectivity index (χ4n) is 1.75. The van der Waals surface area contributed by atoms with Crippen LogP contribution in [-0.4, -0.2) is 51.3 Å². The molecule has 1 unspecified atom stereocenters. The number of hydrogen-bond acceptors (Lipinski definition) is 3. The highest BCUT2D eigenvalue weighted by atomic mass is 16.5. The standard InChI is InChI=1S/C13H30N2O/c1-6-8-14-13(12(2)3)11-15(4)9-7-10-16-5/h12-14H,6-11H2,1-5H3. The molecule has 0 saturated carbocycles. The zero-order valence-electron chi connectivity index (χ0n) is 11.8. The van der Waals surface area contributed by atoms with Crippen molar-refractivity contribution in [2.24, 2.45) is 5.92 Å². The number of methoxy groups -OCH3 is 1. The molecule has 3 heteroatoms. The van der Waals surface area contributed by atoms with Crippen LogP contribution in [0.1, 0.15) is 33.6 Å². The van der Waals surface area contributed by atoms with Gasteiger partial charge in [-0.1, -0.05) is 20.8 Å². The average molecular weight is 230 g/mol. The van der Waals surface area contributed by atoms with Crippen molar-refractivity contribution in [3.8, 4) is 0 Å². The first kappa shape index (κ1) is 15.9. The number of nitrogens with zero attached hydrogens (tertiary/aromatic N) is 1. The Morgan fingerprint density at radius 2 is 2.00 bits per heavy atom. The van der Waals surface area contributed by atoms with Gasteiger partial charge < -0.3 is 15.0 Å². The van der Waals surface area contributed by atoms with Crippen molar-refractivity contribution < 1.29 is 4.74 Å². The van der Waals surface area contributed by atoms with Crippen LogP contribution in [0, 0.1) is 5.92 Å². The lowest BCUT2D eigenvalue weighted by atomic mass is 10.0. The third-order valence-electron chi connectivity index (χ3n) is 2.86. The van der Waals surface area contributed by atoms with E-state index in [0.717, 1.165) is 32.7 Å². The van der Waals surface area contributed by atoms with Crippen LogP contribution < -0.4 is 5.32 Å². The maximum atomic E-state index is 5.07. The second-order valence-electron chi connectivity index (χ2n) is 4.91. The molecule has 0 saturated heterocycles. The van der Waals surface area contributed by atoms with E-state index in [1.54, 1.807) is 7.11 Å². The largest absolute Gasteiger partial charge is 0.385 e. The first-order chi connectivity index (χ1) is 7.61. The first-order valence-corrected chi connectivity index (χ1v) is 6.52. The monoisotopic (exact) mass is 230 g/mol. The van der Waals surface area contributed by atoms with Crippen molar-refractivity contribution >= 4 is 0 Å². The maximum Gasteiger partial charge on any atom is 0.0474 e. The summed E-state index contributed by atoms with van der Waals surface area (Å²) in [5.41, 5.74) is 0. The van der Waals surface area contributed by atoms with E-state index in [2.05, 4.69) is 38.0 Å². The van der Waals surface area contributed by atoms with Gasteiger partial charge >= 0.3 is 0 Å². The van der Waals surface area contributed by atoms with E-state index in [9.17, 15) is 0 Å². The van der Waals surface area contributed by atoms with Gasteiger partial charge in [-0.05, 0) is 32.4 Å². The Labute approximate surface area is 102 Å². The normalized spacial score (nSPS) is 13.7. The summed E-state index contributed by atoms with van der Waals surface area (Å²) in [5.74, 6) is 0.691. The topological polar surface area (TPSA) is 24.5 Å². The van der Waals surface area contributed by atoms with Crippen LogP contribution in [0.4, 0.5) is 0 Å². The Balaban J connectivity index is 3.78. The van der Waals surface area contributed by atoms with Crippen molar-refractivity contribution in [2.45, 2.75) is 39.7 Å². The van der Waals surface area contributed by atoms with Gasteiger partial charge in [0.2, 0.25) is 0 Å². The summed E-state index contributed by atoms with van der Waals surface area (Å²) >= 11 is 0. The molecule has 0 heterocycles. The van der Waals surface area contributed by atoms with E-state index in [1.807, 2.05) is 0 Å². The molecule has 0 bridgehead atoms. The van der Waals surface area contributed by atoms with Gasteiger partial charge in [-0.25, -0.2) is 0 Å². The van der Waals surface area contributed by atoms with Crippen LogP contribution in [0.15, 0.2) is 0 Å². The van der Waals surface area contributed by atoms with Crippen molar-refractivity contribution in [1.29, 1.82) is 0 Å². The molecule has 0 aliphatic rings. The lowest BCUT2D eigenvalue weighted by Crippen LogP contribution is -2.43. The van der Waals surface area contributed by atoms with Gasteiger partial charge in [-0.2, -0.15) is 0 Å². The number of rotatable bonds is 10. The molecule has 98 valence electrons. The van der Waals surface area contributed by atoms with Crippen LogP contribution in [0.25, 0.3) is 0 Å². The lowest BCUT2D eigenvalue weighted by Gasteiger charge is -2.27. The summed E-state index contributed by atoms with van der Waals surface area (Å²) in [6.07, 6.45) is 2.32. The maximum absolute atomic E-state index is 5.07. The van der Waals surface area contributed by atoms with Crippen molar-refractivity contribution in [3.05, 3.63) is 0 Å². The summed E-state index contributed by atoms with van der Waals surface area (Å²) < 4.78 is 5.07. The molecule has 0 fully saturated rings. The van der Waals surface area contributed by atoms with Crippen LogP contribution in [0.3, 0.4) is 0 Å². The number of nitrogens with one attached hydrogen (secondary N) is 1. The molecule has 0 amide bonds. The summed E-state index contributed by atoms with van der Waals surface area (Å²) in [7, 11) is 3.96. The fourth-order valence-corrected chi connectivity index (χ4v) is 1.75. The highest BCUT2D eigenvalue weighted by Gasteiger charge is 2.14. The smallest absolute Gasteiger partial charge is 0.0474 e. The van der Waals surface area contributed by atoms with Crippen LogP contribution in [-0.2, 0) is 4.74 Å². The van der Waals surface area contributed by atoms with Gasteiger partial charge in [-0.15, -0.1) is 0 Å². The SMILES string of the molecule is CCCNC(CN(C)CCCOC)C(C)C. The van der Waals surface area contributed by atoms with Gasteiger partial charge in [0.25, 0.3) is 0 Å². The molecule has 1 N–H and O–H groups in total. The minimum Gasteiger partial charge on any atom is -0.385 e. The number of likely N-dealkylation sites (N-methyl/N-ethyl adjacent to an activating group) is 1. The molecule has 0 aliphatic carbocycles. The van der Waals surface area contributed by atoms with E-state index >= 15 is 0 Å². The Hall–Kier alpha value is -0.120. The average Bonchev–Trinajstić information content (AvgIpc) is 2.24. The predicted molar refractivity (Wildman–Crippen MR) is 70.9 cm³/mol. The van der Waals surface area contributed by atoms with Crippen molar-refractivity contribution in [3.63, 3.8) is 0 Å². The van der Waals surface area contributed by atoms with Crippen molar-refractivity contribution in [2.75, 3.05) is 40.4 Å². The zero-order chi connectivity index (χ0) is 12.4. The minimum atomic E-state index is 0.604. The third-order valence-corrected chi connectivity index (χ3v) is 2.86. The summed E-state index contributed by atoms with van der Waals surface area (Å²) in [6, 6.07) is 0.604. The molecule has 3 nitrogen and oxygen atoms in total. The van der Waals surface area contributed by atoms with Gasteiger partial charge in [0.15, 0.2) is 0 Å². The first-order valence-electron chi connectivity index (χ1n) is 6.52. The summed E-state index contributed by atoms with van der Waals surface area (Å²) in [6.45, 7) is 11.0. The molecule has 0 aromatic carbocycles. The number of ether oxygens (including phenoxy) is 1. The predicted octanol–water partition coefficient (Wildman–Crippen LogP) is 1.98. The van der Waals surface area contributed by atoms with E-state index < -0.39 is 0 Å². The van der Waals surface area contributed by atoms with Gasteiger partial charge in [0.05, 0.1) is 0 Å². The molecule has 16 heavy (non-hydrogen) atoms. The highest BCUT2D eigenvalue weighted by Crippen LogP contribution is 2.04. The fraction of sp³-hybridized carbons (Fsp3) is 1.00. The molecular weight excluding hydrogens is 200 g/mol. The van der Waals surface area contributed by atoms with Gasteiger partial charge in [0, 0.05) is 32.8 Å². The molecule has 0 aliphatic heterocycles. The Morgan fingerprint density at radius 3 is 2.50 bits per heavy atom. The molecule has 1 atom stereocenters. The highest BCUT2D eigenvalue weighted by molar-refractivity contribution is 4.73. The zero-order valence-corrected chi connectivity index (χ0v) is 11.8. The van der Waals surface area contributed by atoms with E-state index in [4.69, 9.17) is 4.74 Å². The molecule has 0 spiro atoms.